The lowest BCUT2D eigenvalue weighted by atomic mass is 10.0. The quantitative estimate of drug-likeness (QED) is 0.716. The van der Waals surface area contributed by atoms with Crippen molar-refractivity contribution in [2.75, 3.05) is 13.7 Å². The Bertz CT molecular complexity index is 360. The van der Waals surface area contributed by atoms with Gasteiger partial charge in [-0.05, 0) is 39.3 Å². The van der Waals surface area contributed by atoms with Crippen LogP contribution in [0.2, 0.25) is 0 Å². The topological polar surface area (TPSA) is 39.1 Å². The van der Waals surface area contributed by atoms with Crippen molar-refractivity contribution in [3.8, 4) is 0 Å². The van der Waals surface area contributed by atoms with E-state index in [0.29, 0.717) is 12.1 Å². The zero-order valence-corrected chi connectivity index (χ0v) is 13.7. The second kappa shape index (κ2) is 9.14. The summed E-state index contributed by atoms with van der Waals surface area (Å²) in [5.74, 6) is 0. The van der Waals surface area contributed by atoms with Gasteiger partial charge < -0.3 is 10.1 Å². The van der Waals surface area contributed by atoms with Crippen molar-refractivity contribution in [2.45, 2.75) is 71.6 Å². The minimum atomic E-state index is 0.253. The van der Waals surface area contributed by atoms with E-state index >= 15 is 0 Å². The van der Waals surface area contributed by atoms with E-state index in [1.807, 2.05) is 7.05 Å². The molecular formula is C16H31N3O. The Morgan fingerprint density at radius 2 is 1.90 bits per heavy atom. The summed E-state index contributed by atoms with van der Waals surface area (Å²) in [7, 11) is 2.00. The lowest BCUT2D eigenvalue weighted by Crippen LogP contribution is -2.41. The summed E-state index contributed by atoms with van der Waals surface area (Å²) >= 11 is 0. The summed E-state index contributed by atoms with van der Waals surface area (Å²) in [4.78, 5) is 0. The first-order valence-electron chi connectivity index (χ1n) is 8.02. The number of hydrogen-bond acceptors (Lipinski definition) is 3. The van der Waals surface area contributed by atoms with Crippen LogP contribution in [0.5, 0.6) is 0 Å². The zero-order chi connectivity index (χ0) is 15.0. The molecule has 4 nitrogen and oxygen atoms in total. The molecule has 2 unspecified atom stereocenters. The molecule has 1 rings (SSSR count). The van der Waals surface area contributed by atoms with Crippen LogP contribution in [-0.2, 0) is 11.2 Å². The molecule has 4 heteroatoms. The van der Waals surface area contributed by atoms with Gasteiger partial charge >= 0.3 is 0 Å². The van der Waals surface area contributed by atoms with Crippen LogP contribution in [-0.4, -0.2) is 35.6 Å². The summed E-state index contributed by atoms with van der Waals surface area (Å²) in [6, 6.07) is 2.98. The zero-order valence-electron chi connectivity index (χ0n) is 13.7. The molecule has 0 aliphatic carbocycles. The van der Waals surface area contributed by atoms with Crippen molar-refractivity contribution >= 4 is 0 Å². The monoisotopic (exact) mass is 281 g/mol. The molecule has 1 aromatic heterocycles. The van der Waals surface area contributed by atoms with Crippen molar-refractivity contribution < 1.29 is 4.74 Å². The van der Waals surface area contributed by atoms with E-state index < -0.39 is 0 Å². The first-order chi connectivity index (χ1) is 9.69. The van der Waals surface area contributed by atoms with Crippen LogP contribution in [0.4, 0.5) is 0 Å². The molecule has 0 bridgehead atoms. The number of ether oxygens (including phenoxy) is 1. The van der Waals surface area contributed by atoms with Crippen LogP contribution in [0.15, 0.2) is 12.3 Å². The highest BCUT2D eigenvalue weighted by Gasteiger charge is 2.20. The highest BCUT2D eigenvalue weighted by atomic mass is 16.5. The van der Waals surface area contributed by atoms with E-state index in [4.69, 9.17) is 9.84 Å². The Labute approximate surface area is 123 Å². The molecule has 0 saturated carbocycles. The van der Waals surface area contributed by atoms with Gasteiger partial charge in [0.2, 0.25) is 0 Å². The fourth-order valence-corrected chi connectivity index (χ4v) is 2.73. The summed E-state index contributed by atoms with van der Waals surface area (Å²) in [6.45, 7) is 9.42. The second-order valence-electron chi connectivity index (χ2n) is 5.26. The van der Waals surface area contributed by atoms with Crippen LogP contribution in [0.1, 0.15) is 58.7 Å². The van der Waals surface area contributed by atoms with Gasteiger partial charge in [0.1, 0.15) is 0 Å². The van der Waals surface area contributed by atoms with E-state index in [2.05, 4.69) is 50.0 Å². The van der Waals surface area contributed by atoms with Crippen LogP contribution in [0.25, 0.3) is 0 Å². The van der Waals surface area contributed by atoms with Gasteiger partial charge in [-0.3, -0.25) is 4.68 Å². The van der Waals surface area contributed by atoms with Crippen LogP contribution >= 0.6 is 0 Å². The van der Waals surface area contributed by atoms with Crippen molar-refractivity contribution in [2.24, 2.45) is 0 Å². The molecule has 0 aliphatic heterocycles. The molecule has 116 valence electrons. The minimum Gasteiger partial charge on any atom is -0.377 e. The van der Waals surface area contributed by atoms with Crippen molar-refractivity contribution in [3.63, 3.8) is 0 Å². The summed E-state index contributed by atoms with van der Waals surface area (Å²) < 4.78 is 7.93. The Morgan fingerprint density at radius 3 is 2.40 bits per heavy atom. The Hall–Kier alpha value is -0.870. The number of rotatable bonds is 10. The number of nitrogens with one attached hydrogen (secondary N) is 1. The SMILES string of the molecule is CCOC(CC)C(Cc1ccn(C(CC)CC)n1)NC. The van der Waals surface area contributed by atoms with Gasteiger partial charge in [0.15, 0.2) is 0 Å². The molecular weight excluding hydrogens is 250 g/mol. The fourth-order valence-electron chi connectivity index (χ4n) is 2.73. The highest BCUT2D eigenvalue weighted by Crippen LogP contribution is 2.16. The van der Waals surface area contributed by atoms with Gasteiger partial charge in [0.05, 0.1) is 17.8 Å². The number of hydrogen-bond donors (Lipinski definition) is 1. The van der Waals surface area contributed by atoms with Gasteiger partial charge in [0, 0.05) is 25.3 Å². The van der Waals surface area contributed by atoms with Gasteiger partial charge in [-0.1, -0.05) is 20.8 Å². The average molecular weight is 281 g/mol. The van der Waals surface area contributed by atoms with E-state index in [-0.39, 0.29) is 6.10 Å². The van der Waals surface area contributed by atoms with Crippen molar-refractivity contribution in [1.29, 1.82) is 0 Å². The van der Waals surface area contributed by atoms with E-state index in [1.165, 1.54) is 0 Å². The van der Waals surface area contributed by atoms with Gasteiger partial charge in [-0.15, -0.1) is 0 Å². The number of nitrogens with zero attached hydrogens (tertiary/aromatic N) is 2. The van der Waals surface area contributed by atoms with E-state index in [0.717, 1.165) is 38.0 Å². The molecule has 0 spiro atoms. The average Bonchev–Trinajstić information content (AvgIpc) is 2.92. The molecule has 0 aliphatic rings. The third-order valence-corrected chi connectivity index (χ3v) is 4.01. The molecule has 0 saturated heterocycles. The predicted octanol–water partition coefficient (Wildman–Crippen LogP) is 3.19. The van der Waals surface area contributed by atoms with E-state index in [1.54, 1.807) is 0 Å². The fraction of sp³-hybridized carbons (Fsp3) is 0.812. The maximum atomic E-state index is 5.82. The first-order valence-corrected chi connectivity index (χ1v) is 8.02. The van der Waals surface area contributed by atoms with E-state index in [9.17, 15) is 0 Å². The maximum Gasteiger partial charge on any atom is 0.0729 e. The van der Waals surface area contributed by atoms with Gasteiger partial charge in [-0.2, -0.15) is 5.10 Å². The Balaban J connectivity index is 2.70. The van der Waals surface area contributed by atoms with Crippen molar-refractivity contribution in [1.82, 2.24) is 15.1 Å². The van der Waals surface area contributed by atoms with Crippen LogP contribution < -0.4 is 5.32 Å². The molecule has 20 heavy (non-hydrogen) atoms. The van der Waals surface area contributed by atoms with Gasteiger partial charge in [0.25, 0.3) is 0 Å². The van der Waals surface area contributed by atoms with Gasteiger partial charge in [-0.25, -0.2) is 0 Å². The minimum absolute atomic E-state index is 0.253. The molecule has 0 radical (unpaired) electrons. The summed E-state index contributed by atoms with van der Waals surface area (Å²) in [5.41, 5.74) is 1.15. The second-order valence-corrected chi connectivity index (χ2v) is 5.26. The van der Waals surface area contributed by atoms with Crippen LogP contribution in [0.3, 0.4) is 0 Å². The third-order valence-electron chi connectivity index (χ3n) is 4.01. The molecule has 2 atom stereocenters. The standard InChI is InChI=1S/C16H31N3O/c1-6-14(7-2)19-11-10-13(18-19)12-15(17-5)16(8-3)20-9-4/h10-11,14-17H,6-9,12H2,1-5H3. The lowest BCUT2D eigenvalue weighted by molar-refractivity contribution is 0.0336. The molecule has 0 fully saturated rings. The molecule has 1 N–H and O–H groups in total. The first kappa shape index (κ1) is 17.2. The largest absolute Gasteiger partial charge is 0.377 e. The third kappa shape index (κ3) is 4.60. The Morgan fingerprint density at radius 1 is 1.20 bits per heavy atom. The number of likely N-dealkylation sites (N-methyl/N-ethyl adjacent to an activating group) is 1. The normalized spacial score (nSPS) is 14.7. The smallest absolute Gasteiger partial charge is 0.0729 e. The molecule has 1 heterocycles. The summed E-state index contributed by atoms with van der Waals surface area (Å²) in [5, 5.41) is 8.12. The molecule has 1 aromatic rings. The Kier molecular flexibility index (Phi) is 7.85. The maximum absolute atomic E-state index is 5.82. The molecule has 0 amide bonds. The lowest BCUT2D eigenvalue weighted by Gasteiger charge is -2.25. The van der Waals surface area contributed by atoms with Crippen LogP contribution in [0, 0.1) is 0 Å². The molecule has 0 aromatic carbocycles. The highest BCUT2D eigenvalue weighted by molar-refractivity contribution is 5.03. The predicted molar refractivity (Wildman–Crippen MR) is 84.1 cm³/mol. The van der Waals surface area contributed by atoms with Crippen molar-refractivity contribution in [3.05, 3.63) is 18.0 Å². The number of aromatic nitrogens is 2. The summed E-state index contributed by atoms with van der Waals surface area (Å²) in [6.07, 6.45) is 6.56.